The summed E-state index contributed by atoms with van der Waals surface area (Å²) in [5, 5.41) is 8.32. The Morgan fingerprint density at radius 2 is 2.17 bits per heavy atom. The smallest absolute Gasteiger partial charge is 0.230 e. The van der Waals surface area contributed by atoms with Crippen LogP contribution >= 0.6 is 0 Å². The molecule has 0 aromatic carbocycles. The van der Waals surface area contributed by atoms with E-state index in [0.717, 1.165) is 51.3 Å². The molecular formula is C17H29N5O2. The maximum absolute atomic E-state index is 13.0. The molecule has 0 saturated carbocycles. The highest BCUT2D eigenvalue weighted by Crippen LogP contribution is 2.40. The van der Waals surface area contributed by atoms with Crippen molar-refractivity contribution in [2.45, 2.75) is 45.7 Å². The lowest BCUT2D eigenvalue weighted by atomic mass is 9.78. The summed E-state index contributed by atoms with van der Waals surface area (Å²) in [6, 6.07) is 0.354. The monoisotopic (exact) mass is 335 g/mol. The van der Waals surface area contributed by atoms with Gasteiger partial charge in [0.2, 0.25) is 5.91 Å². The molecule has 1 amide bonds. The molecule has 3 rings (SSSR count). The maximum atomic E-state index is 13.0. The second kappa shape index (κ2) is 7.19. The predicted molar refractivity (Wildman–Crippen MR) is 90.4 cm³/mol. The van der Waals surface area contributed by atoms with Gasteiger partial charge in [0, 0.05) is 32.8 Å². The zero-order valence-electron chi connectivity index (χ0n) is 15.1. The van der Waals surface area contributed by atoms with Gasteiger partial charge in [-0.2, -0.15) is 0 Å². The lowest BCUT2D eigenvalue weighted by Crippen LogP contribution is -2.50. The Balaban J connectivity index is 1.65. The molecule has 0 bridgehead atoms. The summed E-state index contributed by atoms with van der Waals surface area (Å²) in [6.07, 6.45) is 4.84. The second-order valence-corrected chi connectivity index (χ2v) is 7.38. The molecule has 1 aromatic heterocycles. The van der Waals surface area contributed by atoms with Gasteiger partial charge in [-0.05, 0) is 39.7 Å². The minimum absolute atomic E-state index is 0.200. The van der Waals surface area contributed by atoms with Crippen molar-refractivity contribution in [2.24, 2.45) is 5.41 Å². The van der Waals surface area contributed by atoms with Gasteiger partial charge < -0.3 is 14.2 Å². The first kappa shape index (κ1) is 17.4. The number of amides is 1. The fourth-order valence-electron chi connectivity index (χ4n) is 4.05. The molecule has 24 heavy (non-hydrogen) atoms. The number of hydrogen-bond donors (Lipinski definition) is 0. The molecule has 7 heteroatoms. The number of carbonyl (C=O) groups excluding carboxylic acids is 1. The number of nitrogens with zero attached hydrogens (tertiary/aromatic N) is 5. The van der Waals surface area contributed by atoms with E-state index in [0.29, 0.717) is 25.1 Å². The van der Waals surface area contributed by atoms with Crippen LogP contribution in [0.5, 0.6) is 0 Å². The molecule has 1 spiro atoms. The Bertz CT molecular complexity index is 573. The molecule has 2 saturated heterocycles. The average Bonchev–Trinajstić information content (AvgIpc) is 3.17. The zero-order chi connectivity index (χ0) is 17.2. The Morgan fingerprint density at radius 3 is 2.92 bits per heavy atom. The van der Waals surface area contributed by atoms with Crippen molar-refractivity contribution in [3.8, 4) is 0 Å². The van der Waals surface area contributed by atoms with Gasteiger partial charge in [-0.15, -0.1) is 10.2 Å². The molecule has 1 atom stereocenters. The van der Waals surface area contributed by atoms with E-state index in [2.05, 4.69) is 33.5 Å². The lowest BCUT2D eigenvalue weighted by molar-refractivity contribution is -0.146. The Kier molecular flexibility index (Phi) is 5.20. The molecule has 134 valence electrons. The largest absolute Gasteiger partial charge is 0.383 e. The Morgan fingerprint density at radius 1 is 1.33 bits per heavy atom. The highest BCUT2D eigenvalue weighted by Gasteiger charge is 2.48. The molecule has 2 fully saturated rings. The summed E-state index contributed by atoms with van der Waals surface area (Å²) < 4.78 is 7.26. The molecule has 2 aliphatic rings. The Hall–Kier alpha value is -1.47. The van der Waals surface area contributed by atoms with E-state index < -0.39 is 0 Å². The maximum Gasteiger partial charge on any atom is 0.230 e. The minimum atomic E-state index is -0.200. The predicted octanol–water partition coefficient (Wildman–Crippen LogP) is 1.32. The van der Waals surface area contributed by atoms with Crippen molar-refractivity contribution in [3.63, 3.8) is 0 Å². The van der Waals surface area contributed by atoms with Crippen molar-refractivity contribution in [1.29, 1.82) is 0 Å². The summed E-state index contributed by atoms with van der Waals surface area (Å²) in [6.45, 7) is 9.01. The molecule has 2 aliphatic heterocycles. The van der Waals surface area contributed by atoms with Gasteiger partial charge in [0.15, 0.2) is 0 Å². The fourth-order valence-corrected chi connectivity index (χ4v) is 4.05. The van der Waals surface area contributed by atoms with Crippen LogP contribution < -0.4 is 0 Å². The van der Waals surface area contributed by atoms with E-state index in [9.17, 15) is 4.79 Å². The van der Waals surface area contributed by atoms with Gasteiger partial charge in [0.05, 0.1) is 18.6 Å². The van der Waals surface area contributed by atoms with Gasteiger partial charge in [-0.3, -0.25) is 9.69 Å². The van der Waals surface area contributed by atoms with Crippen molar-refractivity contribution in [1.82, 2.24) is 24.6 Å². The van der Waals surface area contributed by atoms with Crippen LogP contribution in [0.15, 0.2) is 6.33 Å². The van der Waals surface area contributed by atoms with Crippen LogP contribution in [0.25, 0.3) is 0 Å². The number of aromatic nitrogens is 3. The first-order valence-corrected chi connectivity index (χ1v) is 8.95. The highest BCUT2D eigenvalue weighted by molar-refractivity contribution is 5.84. The molecule has 3 heterocycles. The van der Waals surface area contributed by atoms with E-state index in [1.807, 2.05) is 4.90 Å². The van der Waals surface area contributed by atoms with E-state index in [1.54, 1.807) is 13.4 Å². The quantitative estimate of drug-likeness (QED) is 0.784. The normalized spacial score (nSPS) is 25.3. The van der Waals surface area contributed by atoms with Crippen molar-refractivity contribution in [2.75, 3.05) is 39.9 Å². The van der Waals surface area contributed by atoms with E-state index in [4.69, 9.17) is 4.74 Å². The van der Waals surface area contributed by atoms with Crippen molar-refractivity contribution in [3.05, 3.63) is 12.2 Å². The summed E-state index contributed by atoms with van der Waals surface area (Å²) in [5.41, 5.74) is -0.200. The SMILES string of the molecule is COCCN1CCCC2(CCN(Cc3nncn3C(C)C)C2)C1=O. The Labute approximate surface area is 144 Å². The van der Waals surface area contributed by atoms with Gasteiger partial charge in [0.1, 0.15) is 12.2 Å². The topological polar surface area (TPSA) is 63.5 Å². The van der Waals surface area contributed by atoms with E-state index in [1.165, 1.54) is 0 Å². The number of hydrogen-bond acceptors (Lipinski definition) is 5. The highest BCUT2D eigenvalue weighted by atomic mass is 16.5. The molecule has 0 aliphatic carbocycles. The first-order valence-electron chi connectivity index (χ1n) is 8.95. The van der Waals surface area contributed by atoms with Gasteiger partial charge in [0.25, 0.3) is 0 Å². The summed E-state index contributed by atoms with van der Waals surface area (Å²) in [7, 11) is 1.69. The van der Waals surface area contributed by atoms with Crippen LogP contribution in [0.3, 0.4) is 0 Å². The number of piperidine rings is 1. The molecule has 0 radical (unpaired) electrons. The number of carbonyl (C=O) groups is 1. The molecule has 1 aromatic rings. The minimum Gasteiger partial charge on any atom is -0.383 e. The van der Waals surface area contributed by atoms with Crippen molar-refractivity contribution < 1.29 is 9.53 Å². The van der Waals surface area contributed by atoms with Gasteiger partial charge in [-0.1, -0.05) is 0 Å². The third-order valence-electron chi connectivity index (χ3n) is 5.39. The summed E-state index contributed by atoms with van der Waals surface area (Å²) >= 11 is 0. The van der Waals surface area contributed by atoms with Crippen LogP contribution in [-0.4, -0.2) is 70.4 Å². The van der Waals surface area contributed by atoms with E-state index in [-0.39, 0.29) is 5.41 Å². The van der Waals surface area contributed by atoms with Crippen LogP contribution in [0.2, 0.25) is 0 Å². The van der Waals surface area contributed by atoms with Crippen LogP contribution in [0, 0.1) is 5.41 Å². The number of ether oxygens (including phenoxy) is 1. The second-order valence-electron chi connectivity index (χ2n) is 7.38. The molecular weight excluding hydrogens is 306 g/mol. The summed E-state index contributed by atoms with van der Waals surface area (Å²) in [5.74, 6) is 1.31. The standard InChI is InChI=1S/C17H29N5O2/c1-14(2)22-13-18-19-15(22)11-20-8-6-17(12-20)5-4-7-21(16(17)23)9-10-24-3/h13-14H,4-12H2,1-3H3. The van der Waals surface area contributed by atoms with Crippen LogP contribution in [0.4, 0.5) is 0 Å². The molecule has 7 nitrogen and oxygen atoms in total. The number of rotatable bonds is 6. The third-order valence-corrected chi connectivity index (χ3v) is 5.39. The summed E-state index contributed by atoms with van der Waals surface area (Å²) in [4.78, 5) is 17.3. The first-order chi connectivity index (χ1) is 11.6. The molecule has 1 unspecified atom stereocenters. The van der Waals surface area contributed by atoms with Crippen LogP contribution in [-0.2, 0) is 16.1 Å². The third kappa shape index (κ3) is 3.32. The van der Waals surface area contributed by atoms with Gasteiger partial charge >= 0.3 is 0 Å². The van der Waals surface area contributed by atoms with Crippen molar-refractivity contribution >= 4 is 5.91 Å². The number of methoxy groups -OCH3 is 1. The van der Waals surface area contributed by atoms with E-state index >= 15 is 0 Å². The molecule has 0 N–H and O–H groups in total. The average molecular weight is 335 g/mol. The van der Waals surface area contributed by atoms with Gasteiger partial charge in [-0.25, -0.2) is 0 Å². The fraction of sp³-hybridized carbons (Fsp3) is 0.824. The lowest BCUT2D eigenvalue weighted by Gasteiger charge is -2.39. The number of likely N-dealkylation sites (tertiary alicyclic amines) is 2. The van der Waals surface area contributed by atoms with Crippen LogP contribution in [0.1, 0.15) is 45.0 Å². The zero-order valence-corrected chi connectivity index (χ0v) is 15.1.